The first kappa shape index (κ1) is 68.0. The van der Waals surface area contributed by atoms with Crippen molar-refractivity contribution in [3.63, 3.8) is 0 Å². The Labute approximate surface area is 414 Å². The fourth-order valence-electron chi connectivity index (χ4n) is 9.94. The third kappa shape index (κ3) is 50.4. The normalized spacial score (nSPS) is 11.6. The van der Waals surface area contributed by atoms with Gasteiger partial charge in [0.2, 0.25) is 0 Å². The van der Waals surface area contributed by atoms with Crippen LogP contribution in [-0.4, -0.2) is 18.1 Å². The molecule has 0 radical (unpaired) electrons. The summed E-state index contributed by atoms with van der Waals surface area (Å²) in [7, 11) is 2.12. The average molecular weight is 912 g/mol. The zero-order valence-electron chi connectivity index (χ0n) is 46.6. The van der Waals surface area contributed by atoms with Gasteiger partial charge in [0, 0.05) is 18.8 Å². The summed E-state index contributed by atoms with van der Waals surface area (Å²) in [5, 5.41) is 2.48. The summed E-state index contributed by atoms with van der Waals surface area (Å²) >= 11 is 0. The second-order valence-electron chi connectivity index (χ2n) is 20.5. The Morgan fingerprint density at radius 1 is 0.400 bits per heavy atom. The lowest BCUT2D eigenvalue weighted by Crippen LogP contribution is -2.42. The molecule has 0 amide bonds. The Balaban J connectivity index is -0.00000178. The monoisotopic (exact) mass is 911 g/mol. The molecule has 388 valence electrons. The molecular weight excluding hydrogens is 785 g/mol. The van der Waals surface area contributed by atoms with E-state index in [1.165, 1.54) is 288 Å². The first-order chi connectivity index (χ1) is 31.9. The van der Waals surface area contributed by atoms with Gasteiger partial charge in [-0.1, -0.05) is 304 Å². The van der Waals surface area contributed by atoms with E-state index in [0.717, 1.165) is 18.3 Å². The van der Waals surface area contributed by atoms with E-state index in [9.17, 15) is 0 Å². The summed E-state index contributed by atoms with van der Waals surface area (Å²) in [4.78, 5) is 0. The van der Waals surface area contributed by atoms with Gasteiger partial charge >= 0.3 is 0 Å². The number of unbranched alkanes of at least 4 members (excludes halogenated alkanes) is 28. The van der Waals surface area contributed by atoms with E-state index >= 15 is 0 Å². The number of nitrogens with one attached hydrogen (secondary N) is 1. The molecule has 1 unspecified atom stereocenters. The van der Waals surface area contributed by atoms with Crippen LogP contribution in [-0.2, 0) is 0 Å². The van der Waals surface area contributed by atoms with Crippen LogP contribution in [0, 0.1) is 11.8 Å². The SMILES string of the molecule is C=C.C=C(CCCCCCCCC(CCCCCCCCC)N(NC)C(=C)CCCCCCCC)CC(CCCCCC)CCCCCC.C=CCC(CCCCCC)CCCCCC. The van der Waals surface area contributed by atoms with E-state index in [1.807, 2.05) is 0 Å². The second kappa shape index (κ2) is 58.8. The van der Waals surface area contributed by atoms with Crippen LogP contribution in [0.4, 0.5) is 0 Å². The fourth-order valence-corrected chi connectivity index (χ4v) is 9.94. The van der Waals surface area contributed by atoms with Crippen LogP contribution in [0.25, 0.3) is 0 Å². The molecule has 0 bridgehead atoms. The molecular formula is C63H126N2. The number of hydrogen-bond donors (Lipinski definition) is 1. The maximum atomic E-state index is 4.57. The largest absolute Gasteiger partial charge is 0.310 e. The molecule has 0 aliphatic heterocycles. The topological polar surface area (TPSA) is 15.3 Å². The third-order valence-electron chi connectivity index (χ3n) is 14.2. The maximum Gasteiger partial charge on any atom is 0.0451 e. The van der Waals surface area contributed by atoms with Crippen LogP contribution in [0.1, 0.15) is 330 Å². The molecule has 0 aromatic heterocycles. The van der Waals surface area contributed by atoms with E-state index in [1.54, 1.807) is 5.57 Å². The number of rotatable bonds is 51. The van der Waals surface area contributed by atoms with E-state index < -0.39 is 0 Å². The van der Waals surface area contributed by atoms with E-state index in [-0.39, 0.29) is 0 Å². The second-order valence-corrected chi connectivity index (χ2v) is 20.5. The van der Waals surface area contributed by atoms with Crippen molar-refractivity contribution >= 4 is 0 Å². The zero-order valence-corrected chi connectivity index (χ0v) is 46.6. The highest BCUT2D eigenvalue weighted by molar-refractivity contribution is 4.96. The maximum absolute atomic E-state index is 4.57. The zero-order chi connectivity index (χ0) is 48.7. The molecule has 0 fully saturated rings. The van der Waals surface area contributed by atoms with Gasteiger partial charge in [0.25, 0.3) is 0 Å². The Hall–Kier alpha value is -1.28. The number of allylic oxidation sites excluding steroid dienone is 3. The van der Waals surface area contributed by atoms with Gasteiger partial charge in [-0.2, -0.15) is 0 Å². The molecule has 0 rings (SSSR count). The van der Waals surface area contributed by atoms with Crippen molar-refractivity contribution in [2.45, 2.75) is 337 Å². The molecule has 2 heteroatoms. The third-order valence-corrected chi connectivity index (χ3v) is 14.2. The summed E-state index contributed by atoms with van der Waals surface area (Å²) in [6.45, 7) is 32.9. The molecule has 1 N–H and O–H groups in total. The lowest BCUT2D eigenvalue weighted by atomic mass is 9.87. The quantitative estimate of drug-likeness (QED) is 0.0372. The van der Waals surface area contributed by atoms with E-state index in [4.69, 9.17) is 0 Å². The van der Waals surface area contributed by atoms with E-state index in [2.05, 4.69) is 98.0 Å². The Morgan fingerprint density at radius 3 is 1.05 bits per heavy atom. The predicted octanol–water partition coefficient (Wildman–Crippen LogP) is 22.7. The number of hydrazine groups is 1. The van der Waals surface area contributed by atoms with Gasteiger partial charge < -0.3 is 5.01 Å². The highest BCUT2D eigenvalue weighted by Gasteiger charge is 2.18. The van der Waals surface area contributed by atoms with Gasteiger partial charge in [-0.05, 0) is 63.2 Å². The molecule has 0 spiro atoms. The number of nitrogens with zero attached hydrogens (tertiary/aromatic N) is 1. The molecule has 0 saturated carbocycles. The summed E-state index contributed by atoms with van der Waals surface area (Å²) in [5.74, 6) is 1.82. The lowest BCUT2D eigenvalue weighted by molar-refractivity contribution is 0.160. The van der Waals surface area contributed by atoms with Gasteiger partial charge in [-0.25, -0.2) is 5.43 Å². The molecule has 1 atom stereocenters. The highest BCUT2D eigenvalue weighted by atomic mass is 15.5. The molecule has 0 aromatic rings. The van der Waals surface area contributed by atoms with Crippen LogP contribution in [0.15, 0.2) is 50.2 Å². The predicted molar refractivity (Wildman–Crippen MR) is 303 cm³/mol. The molecule has 0 aromatic carbocycles. The van der Waals surface area contributed by atoms with Gasteiger partial charge in [-0.15, -0.1) is 19.7 Å². The van der Waals surface area contributed by atoms with Crippen LogP contribution in [0.3, 0.4) is 0 Å². The summed E-state index contributed by atoms with van der Waals surface area (Å²) < 4.78 is 0. The fraction of sp³-hybridized carbons (Fsp3) is 0.873. The minimum absolute atomic E-state index is 0.600. The lowest BCUT2D eigenvalue weighted by Gasteiger charge is -2.35. The van der Waals surface area contributed by atoms with Gasteiger partial charge in [0.05, 0.1) is 0 Å². The van der Waals surface area contributed by atoms with E-state index in [0.29, 0.717) is 6.04 Å². The molecule has 0 heterocycles. The summed E-state index contributed by atoms with van der Waals surface area (Å²) in [6.07, 6.45) is 64.0. The van der Waals surface area contributed by atoms with Gasteiger partial charge in [0.1, 0.15) is 0 Å². The average Bonchev–Trinajstić information content (AvgIpc) is 3.31. The van der Waals surface area contributed by atoms with Gasteiger partial charge in [0.15, 0.2) is 0 Å². The molecule has 0 aliphatic rings. The highest BCUT2D eigenvalue weighted by Crippen LogP contribution is 2.28. The standard InChI is InChI=1S/C45H90N2.C16H32.C2H4/c1-8-12-16-20-22-27-33-39-45(47(46-7)43(6)36-30-26-21-17-13-9-2)40-34-28-24-23-25-29-35-42(5)41-44(37-31-18-14-10-3)38-32-19-15-11-4;1-4-7-9-11-14-16(13-6-3)15-12-10-8-5-2;1-2/h44-46H,5-6,8-41H2,1-4,7H3;6,16H,3-5,7-15H2,1-2H3;1-2H2. The van der Waals surface area contributed by atoms with Crippen molar-refractivity contribution in [3.05, 3.63) is 50.2 Å². The van der Waals surface area contributed by atoms with Crippen molar-refractivity contribution in [2.24, 2.45) is 11.8 Å². The molecule has 65 heavy (non-hydrogen) atoms. The Morgan fingerprint density at radius 2 is 0.692 bits per heavy atom. The summed E-state index contributed by atoms with van der Waals surface area (Å²) in [6, 6.07) is 0.600. The van der Waals surface area contributed by atoms with Crippen molar-refractivity contribution in [1.82, 2.24) is 10.4 Å². The summed E-state index contributed by atoms with van der Waals surface area (Å²) in [5.41, 5.74) is 6.45. The minimum Gasteiger partial charge on any atom is -0.310 e. The smallest absolute Gasteiger partial charge is 0.0451 e. The van der Waals surface area contributed by atoms with Crippen LogP contribution in [0.5, 0.6) is 0 Å². The Bertz CT molecular complexity index is 898. The van der Waals surface area contributed by atoms with Crippen molar-refractivity contribution < 1.29 is 0 Å². The first-order valence-corrected chi connectivity index (χ1v) is 29.8. The minimum atomic E-state index is 0.600. The van der Waals surface area contributed by atoms with Crippen LogP contribution >= 0.6 is 0 Å². The molecule has 0 saturated heterocycles. The van der Waals surface area contributed by atoms with Crippen molar-refractivity contribution in [1.29, 1.82) is 0 Å². The molecule has 0 aliphatic carbocycles. The first-order valence-electron chi connectivity index (χ1n) is 29.8. The number of hydrogen-bond acceptors (Lipinski definition) is 2. The van der Waals surface area contributed by atoms with Crippen LogP contribution in [0.2, 0.25) is 0 Å². The Kier molecular flexibility index (Phi) is 61.5. The van der Waals surface area contributed by atoms with Crippen molar-refractivity contribution in [3.8, 4) is 0 Å². The van der Waals surface area contributed by atoms with Gasteiger partial charge in [-0.3, -0.25) is 0 Å². The molecule has 2 nitrogen and oxygen atoms in total. The van der Waals surface area contributed by atoms with Crippen LogP contribution < -0.4 is 5.43 Å². The van der Waals surface area contributed by atoms with Crippen molar-refractivity contribution in [2.75, 3.05) is 7.05 Å².